The first-order chi connectivity index (χ1) is 8.61. The Balaban J connectivity index is 2.16. The number of piperidine rings is 1. The van der Waals surface area contributed by atoms with Gasteiger partial charge in [-0.2, -0.15) is 5.26 Å². The highest BCUT2D eigenvalue weighted by Gasteiger charge is 2.23. The molecule has 2 unspecified atom stereocenters. The highest BCUT2D eigenvalue weighted by molar-refractivity contribution is 5.34. The van der Waals surface area contributed by atoms with Gasteiger partial charge in [-0.3, -0.25) is 4.90 Å². The molecule has 3 heteroatoms. The molecule has 1 aromatic rings. The summed E-state index contributed by atoms with van der Waals surface area (Å²) in [6, 6.07) is 7.46. The van der Waals surface area contributed by atoms with Crippen LogP contribution in [0.1, 0.15) is 37.8 Å². The lowest BCUT2D eigenvalue weighted by molar-refractivity contribution is 0.116. The summed E-state index contributed by atoms with van der Waals surface area (Å²) >= 11 is 0. The molecule has 2 atom stereocenters. The van der Waals surface area contributed by atoms with Crippen LogP contribution in [0.4, 0.5) is 4.39 Å². The van der Waals surface area contributed by atoms with Gasteiger partial charge < -0.3 is 0 Å². The Kier molecular flexibility index (Phi) is 3.98. The molecule has 0 spiro atoms. The molecule has 1 aliphatic heterocycles. The molecule has 1 heterocycles. The fraction of sp³-hybridized carbons (Fsp3) is 0.533. The van der Waals surface area contributed by atoms with Gasteiger partial charge in [0.15, 0.2) is 0 Å². The van der Waals surface area contributed by atoms with E-state index < -0.39 is 0 Å². The number of hydrogen-bond donors (Lipinski definition) is 0. The van der Waals surface area contributed by atoms with Crippen LogP contribution in [-0.2, 0) is 6.54 Å². The van der Waals surface area contributed by atoms with Gasteiger partial charge in [-0.1, -0.05) is 19.1 Å². The lowest BCUT2D eigenvalue weighted by atomic mass is 9.94. The van der Waals surface area contributed by atoms with Crippen LogP contribution in [0.25, 0.3) is 0 Å². The van der Waals surface area contributed by atoms with E-state index >= 15 is 0 Å². The molecule has 18 heavy (non-hydrogen) atoms. The molecule has 0 aromatic heterocycles. The van der Waals surface area contributed by atoms with Crippen molar-refractivity contribution >= 4 is 0 Å². The predicted molar refractivity (Wildman–Crippen MR) is 69.4 cm³/mol. The maximum Gasteiger partial charge on any atom is 0.145 e. The summed E-state index contributed by atoms with van der Waals surface area (Å²) in [6.07, 6.45) is 2.42. The highest BCUT2D eigenvalue weighted by Crippen LogP contribution is 2.24. The largest absolute Gasteiger partial charge is 0.296 e. The molecule has 1 fully saturated rings. The molecule has 0 saturated carbocycles. The van der Waals surface area contributed by atoms with Crippen LogP contribution >= 0.6 is 0 Å². The summed E-state index contributed by atoms with van der Waals surface area (Å²) in [6.45, 7) is 6.04. The Hall–Kier alpha value is -1.40. The number of likely N-dealkylation sites (tertiary alicyclic amines) is 1. The minimum absolute atomic E-state index is 0.144. The van der Waals surface area contributed by atoms with Crippen LogP contribution in [0, 0.1) is 23.1 Å². The fourth-order valence-corrected chi connectivity index (χ4v) is 2.61. The van der Waals surface area contributed by atoms with Crippen LogP contribution < -0.4 is 0 Å². The van der Waals surface area contributed by atoms with E-state index in [1.807, 2.05) is 6.07 Å². The van der Waals surface area contributed by atoms with Gasteiger partial charge in [-0.15, -0.1) is 0 Å². The van der Waals surface area contributed by atoms with Crippen molar-refractivity contribution in [2.45, 2.75) is 39.3 Å². The van der Waals surface area contributed by atoms with Crippen LogP contribution in [0.5, 0.6) is 0 Å². The second-order valence-corrected chi connectivity index (χ2v) is 5.35. The molecule has 0 aliphatic carbocycles. The van der Waals surface area contributed by atoms with Crippen molar-refractivity contribution in [3.05, 3.63) is 35.1 Å². The third-order valence-corrected chi connectivity index (χ3v) is 3.82. The maximum absolute atomic E-state index is 14.0. The maximum atomic E-state index is 14.0. The molecule has 1 saturated heterocycles. The molecule has 0 amide bonds. The topological polar surface area (TPSA) is 27.0 Å². The Morgan fingerprint density at radius 2 is 2.17 bits per heavy atom. The Labute approximate surface area is 108 Å². The summed E-state index contributed by atoms with van der Waals surface area (Å²) in [5.41, 5.74) is 0.778. The van der Waals surface area contributed by atoms with Gasteiger partial charge in [0.05, 0.1) is 5.56 Å². The van der Waals surface area contributed by atoms with Crippen LogP contribution in [0.3, 0.4) is 0 Å². The van der Waals surface area contributed by atoms with E-state index in [9.17, 15) is 4.39 Å². The zero-order valence-corrected chi connectivity index (χ0v) is 11.0. The second-order valence-electron chi connectivity index (χ2n) is 5.35. The highest BCUT2D eigenvalue weighted by atomic mass is 19.1. The average molecular weight is 246 g/mol. The summed E-state index contributed by atoms with van der Waals surface area (Å²) in [4.78, 5) is 2.31. The number of hydrogen-bond acceptors (Lipinski definition) is 2. The number of halogens is 1. The summed E-state index contributed by atoms with van der Waals surface area (Å²) in [5, 5.41) is 8.84. The standard InChI is InChI=1S/C15H19FN2/c1-11-6-7-12(2)18(9-11)10-14-5-3-4-13(8-17)15(14)16/h3-5,11-12H,6-7,9-10H2,1-2H3. The van der Waals surface area contributed by atoms with E-state index in [1.54, 1.807) is 12.1 Å². The third-order valence-electron chi connectivity index (χ3n) is 3.82. The molecule has 0 radical (unpaired) electrons. The lowest BCUT2D eigenvalue weighted by Gasteiger charge is -2.36. The number of nitriles is 1. The second kappa shape index (κ2) is 5.49. The molecule has 2 nitrogen and oxygen atoms in total. The third kappa shape index (κ3) is 2.70. The van der Waals surface area contributed by atoms with Crippen molar-refractivity contribution in [1.82, 2.24) is 4.90 Å². The van der Waals surface area contributed by atoms with Gasteiger partial charge in [0.25, 0.3) is 0 Å². The monoisotopic (exact) mass is 246 g/mol. The molecular weight excluding hydrogens is 227 g/mol. The lowest BCUT2D eigenvalue weighted by Crippen LogP contribution is -2.40. The van der Waals surface area contributed by atoms with E-state index in [0.717, 1.165) is 6.54 Å². The number of nitrogens with zero attached hydrogens (tertiary/aromatic N) is 2. The first-order valence-corrected chi connectivity index (χ1v) is 6.53. The quantitative estimate of drug-likeness (QED) is 0.800. The SMILES string of the molecule is CC1CCC(C)N(Cc2cccc(C#N)c2F)C1. The van der Waals surface area contributed by atoms with E-state index in [2.05, 4.69) is 18.7 Å². The molecule has 0 N–H and O–H groups in total. The molecule has 96 valence electrons. The molecule has 1 aromatic carbocycles. The van der Waals surface area contributed by atoms with Crippen molar-refractivity contribution in [3.63, 3.8) is 0 Å². The Bertz CT molecular complexity index is 464. The Morgan fingerprint density at radius 3 is 2.89 bits per heavy atom. The molecular formula is C15H19FN2. The number of benzene rings is 1. The minimum atomic E-state index is -0.356. The van der Waals surface area contributed by atoms with E-state index in [0.29, 0.717) is 24.1 Å². The van der Waals surface area contributed by atoms with E-state index in [1.165, 1.54) is 18.9 Å². The van der Waals surface area contributed by atoms with Crippen molar-refractivity contribution in [1.29, 1.82) is 5.26 Å². The smallest absolute Gasteiger partial charge is 0.145 e. The van der Waals surface area contributed by atoms with E-state index in [4.69, 9.17) is 5.26 Å². The van der Waals surface area contributed by atoms with Gasteiger partial charge >= 0.3 is 0 Å². The molecule has 0 bridgehead atoms. The molecule has 2 rings (SSSR count). The predicted octanol–water partition coefficient (Wildman–Crippen LogP) is 3.32. The minimum Gasteiger partial charge on any atom is -0.296 e. The van der Waals surface area contributed by atoms with Gasteiger partial charge in [0.2, 0.25) is 0 Å². The zero-order chi connectivity index (χ0) is 13.1. The van der Waals surface area contributed by atoms with Crippen molar-refractivity contribution < 1.29 is 4.39 Å². The fourth-order valence-electron chi connectivity index (χ4n) is 2.61. The van der Waals surface area contributed by atoms with Crippen molar-refractivity contribution in [2.75, 3.05) is 6.54 Å². The van der Waals surface area contributed by atoms with Crippen LogP contribution in [0.15, 0.2) is 18.2 Å². The van der Waals surface area contributed by atoms with Crippen LogP contribution in [0.2, 0.25) is 0 Å². The van der Waals surface area contributed by atoms with Gasteiger partial charge in [-0.25, -0.2) is 4.39 Å². The van der Waals surface area contributed by atoms with Gasteiger partial charge in [-0.05, 0) is 31.7 Å². The average Bonchev–Trinajstić information content (AvgIpc) is 2.36. The number of rotatable bonds is 2. The summed E-state index contributed by atoms with van der Waals surface area (Å²) in [7, 11) is 0. The van der Waals surface area contributed by atoms with E-state index in [-0.39, 0.29) is 11.4 Å². The summed E-state index contributed by atoms with van der Waals surface area (Å²) in [5.74, 6) is 0.314. The first-order valence-electron chi connectivity index (χ1n) is 6.53. The van der Waals surface area contributed by atoms with Gasteiger partial charge in [0.1, 0.15) is 11.9 Å². The Morgan fingerprint density at radius 1 is 1.39 bits per heavy atom. The molecule has 1 aliphatic rings. The first kappa shape index (κ1) is 13.0. The normalized spacial score (nSPS) is 24.8. The zero-order valence-electron chi connectivity index (χ0n) is 11.0. The van der Waals surface area contributed by atoms with Gasteiger partial charge in [0, 0.05) is 24.7 Å². The van der Waals surface area contributed by atoms with Crippen LogP contribution in [-0.4, -0.2) is 17.5 Å². The van der Waals surface area contributed by atoms with Crippen molar-refractivity contribution in [3.8, 4) is 6.07 Å². The van der Waals surface area contributed by atoms with Crippen molar-refractivity contribution in [2.24, 2.45) is 5.92 Å². The summed E-state index contributed by atoms with van der Waals surface area (Å²) < 4.78 is 14.0.